The number of rotatable bonds is 5. The Bertz CT molecular complexity index is 765. The summed E-state index contributed by atoms with van der Waals surface area (Å²) in [7, 11) is 0. The SMILES string of the molecule is Cc1ccc2nc(-c3ccc(NCC(O)CO)cc3)[nH]c2c1. The second-order valence-electron chi connectivity index (χ2n) is 5.40. The van der Waals surface area contributed by atoms with Gasteiger partial charge in [0, 0.05) is 17.8 Å². The van der Waals surface area contributed by atoms with E-state index in [1.807, 2.05) is 36.4 Å². The lowest BCUT2D eigenvalue weighted by atomic mass is 10.2. The highest BCUT2D eigenvalue weighted by molar-refractivity contribution is 5.80. The maximum absolute atomic E-state index is 9.33. The molecule has 0 fully saturated rings. The van der Waals surface area contributed by atoms with Crippen molar-refractivity contribution in [1.82, 2.24) is 9.97 Å². The fraction of sp³-hybridized carbons (Fsp3) is 0.235. The largest absolute Gasteiger partial charge is 0.394 e. The molecule has 0 spiro atoms. The molecule has 0 aliphatic heterocycles. The third-order valence-electron chi connectivity index (χ3n) is 3.55. The van der Waals surface area contributed by atoms with Crippen LogP contribution in [0, 0.1) is 6.92 Å². The predicted molar refractivity (Wildman–Crippen MR) is 87.8 cm³/mol. The number of H-pyrrole nitrogens is 1. The van der Waals surface area contributed by atoms with Crippen LogP contribution in [0.25, 0.3) is 22.4 Å². The number of hydrogen-bond donors (Lipinski definition) is 4. The van der Waals surface area contributed by atoms with E-state index in [1.54, 1.807) is 0 Å². The van der Waals surface area contributed by atoms with Crippen molar-refractivity contribution in [2.45, 2.75) is 13.0 Å². The van der Waals surface area contributed by atoms with Crippen molar-refractivity contribution >= 4 is 16.7 Å². The molecule has 5 nitrogen and oxygen atoms in total. The quantitative estimate of drug-likeness (QED) is 0.582. The van der Waals surface area contributed by atoms with Crippen molar-refractivity contribution in [1.29, 1.82) is 0 Å². The topological polar surface area (TPSA) is 81.2 Å². The summed E-state index contributed by atoms with van der Waals surface area (Å²) < 4.78 is 0. The zero-order valence-corrected chi connectivity index (χ0v) is 12.4. The van der Waals surface area contributed by atoms with Gasteiger partial charge in [-0.25, -0.2) is 4.98 Å². The molecule has 0 radical (unpaired) electrons. The van der Waals surface area contributed by atoms with Crippen molar-refractivity contribution in [3.8, 4) is 11.4 Å². The first kappa shape index (κ1) is 14.6. The molecule has 0 aliphatic rings. The minimum absolute atomic E-state index is 0.247. The predicted octanol–water partition coefficient (Wildman–Crippen LogP) is 2.30. The lowest BCUT2D eigenvalue weighted by molar-refractivity contribution is 0.105. The summed E-state index contributed by atoms with van der Waals surface area (Å²) in [6, 6.07) is 13.9. The molecule has 4 N–H and O–H groups in total. The van der Waals surface area contributed by atoms with Crippen molar-refractivity contribution in [2.75, 3.05) is 18.5 Å². The molecule has 3 rings (SSSR count). The summed E-state index contributed by atoms with van der Waals surface area (Å²) in [5, 5.41) is 21.2. The number of aromatic amines is 1. The fourth-order valence-electron chi connectivity index (χ4n) is 2.31. The molecule has 0 saturated heterocycles. The first-order valence-corrected chi connectivity index (χ1v) is 7.25. The van der Waals surface area contributed by atoms with Gasteiger partial charge in [0.1, 0.15) is 5.82 Å². The van der Waals surface area contributed by atoms with Crippen LogP contribution >= 0.6 is 0 Å². The van der Waals surface area contributed by atoms with Crippen LogP contribution < -0.4 is 5.32 Å². The lowest BCUT2D eigenvalue weighted by Gasteiger charge is -2.10. The average Bonchev–Trinajstić information content (AvgIpc) is 2.96. The number of nitrogens with zero attached hydrogens (tertiary/aromatic N) is 1. The summed E-state index contributed by atoms with van der Waals surface area (Å²) in [4.78, 5) is 7.92. The van der Waals surface area contributed by atoms with E-state index in [0.717, 1.165) is 28.1 Å². The molecule has 3 aromatic rings. The van der Waals surface area contributed by atoms with E-state index in [0.29, 0.717) is 6.54 Å². The van der Waals surface area contributed by atoms with Gasteiger partial charge in [-0.2, -0.15) is 0 Å². The van der Waals surface area contributed by atoms with Crippen LogP contribution in [0.2, 0.25) is 0 Å². The first-order valence-electron chi connectivity index (χ1n) is 7.25. The summed E-state index contributed by atoms with van der Waals surface area (Å²) in [6.07, 6.45) is -0.752. The van der Waals surface area contributed by atoms with Gasteiger partial charge in [0.2, 0.25) is 0 Å². The van der Waals surface area contributed by atoms with Gasteiger partial charge in [0.05, 0.1) is 23.7 Å². The van der Waals surface area contributed by atoms with Crippen LogP contribution in [0.5, 0.6) is 0 Å². The Balaban J connectivity index is 1.79. The fourth-order valence-corrected chi connectivity index (χ4v) is 2.31. The van der Waals surface area contributed by atoms with Crippen LogP contribution in [0.1, 0.15) is 5.56 Å². The smallest absolute Gasteiger partial charge is 0.138 e. The van der Waals surface area contributed by atoms with Gasteiger partial charge < -0.3 is 20.5 Å². The van der Waals surface area contributed by atoms with Crippen molar-refractivity contribution in [3.05, 3.63) is 48.0 Å². The van der Waals surface area contributed by atoms with Crippen LogP contribution in [0.3, 0.4) is 0 Å². The van der Waals surface area contributed by atoms with E-state index in [-0.39, 0.29) is 6.61 Å². The standard InChI is InChI=1S/C17H19N3O2/c1-11-2-7-15-16(8-11)20-17(19-15)12-3-5-13(6-4-12)18-9-14(22)10-21/h2-8,14,18,21-22H,9-10H2,1H3,(H,19,20). The Hall–Kier alpha value is -2.37. The number of fused-ring (bicyclic) bond motifs is 1. The van der Waals surface area contributed by atoms with E-state index in [2.05, 4.69) is 28.3 Å². The van der Waals surface area contributed by atoms with E-state index in [4.69, 9.17) is 5.11 Å². The Kier molecular flexibility index (Phi) is 4.09. The third kappa shape index (κ3) is 3.10. The summed E-state index contributed by atoms with van der Waals surface area (Å²) in [6.45, 7) is 2.13. The summed E-state index contributed by atoms with van der Waals surface area (Å²) in [5.74, 6) is 0.836. The highest BCUT2D eigenvalue weighted by Gasteiger charge is 2.06. The Morgan fingerprint density at radius 3 is 2.68 bits per heavy atom. The molecule has 0 aliphatic carbocycles. The molecule has 1 atom stereocenters. The van der Waals surface area contributed by atoms with Crippen molar-refractivity contribution in [2.24, 2.45) is 0 Å². The van der Waals surface area contributed by atoms with Gasteiger partial charge in [-0.1, -0.05) is 6.07 Å². The first-order chi connectivity index (χ1) is 10.7. The van der Waals surface area contributed by atoms with Crippen molar-refractivity contribution in [3.63, 3.8) is 0 Å². The van der Waals surface area contributed by atoms with Gasteiger partial charge >= 0.3 is 0 Å². The summed E-state index contributed by atoms with van der Waals surface area (Å²) in [5.41, 5.74) is 5.08. The number of hydrogen-bond acceptors (Lipinski definition) is 4. The molecule has 0 bridgehead atoms. The molecule has 1 aromatic heterocycles. The van der Waals surface area contributed by atoms with E-state index in [1.165, 1.54) is 5.56 Å². The van der Waals surface area contributed by atoms with E-state index < -0.39 is 6.10 Å². The van der Waals surface area contributed by atoms with Gasteiger partial charge in [0.15, 0.2) is 0 Å². The Morgan fingerprint density at radius 2 is 1.95 bits per heavy atom. The highest BCUT2D eigenvalue weighted by atomic mass is 16.3. The normalized spacial score (nSPS) is 12.5. The minimum Gasteiger partial charge on any atom is -0.394 e. The second kappa shape index (κ2) is 6.17. The number of benzene rings is 2. The molecule has 22 heavy (non-hydrogen) atoms. The molecule has 114 valence electrons. The molecule has 5 heteroatoms. The highest BCUT2D eigenvalue weighted by Crippen LogP contribution is 2.22. The number of aryl methyl sites for hydroxylation is 1. The van der Waals surface area contributed by atoms with Gasteiger partial charge in [0.25, 0.3) is 0 Å². The monoisotopic (exact) mass is 297 g/mol. The zero-order chi connectivity index (χ0) is 15.5. The van der Waals surface area contributed by atoms with Crippen LogP contribution in [0.15, 0.2) is 42.5 Å². The van der Waals surface area contributed by atoms with Gasteiger partial charge in [-0.3, -0.25) is 0 Å². The van der Waals surface area contributed by atoms with Crippen LogP contribution in [-0.2, 0) is 0 Å². The molecule has 1 unspecified atom stereocenters. The van der Waals surface area contributed by atoms with E-state index in [9.17, 15) is 5.11 Å². The zero-order valence-electron chi connectivity index (χ0n) is 12.4. The number of aliphatic hydroxyl groups is 2. The number of anilines is 1. The maximum Gasteiger partial charge on any atom is 0.138 e. The molecule has 0 amide bonds. The van der Waals surface area contributed by atoms with E-state index >= 15 is 0 Å². The molecule has 1 heterocycles. The minimum atomic E-state index is -0.752. The number of aliphatic hydroxyl groups excluding tert-OH is 2. The lowest BCUT2D eigenvalue weighted by Crippen LogP contribution is -2.22. The number of imidazole rings is 1. The van der Waals surface area contributed by atoms with Gasteiger partial charge in [-0.05, 0) is 48.9 Å². The molecular formula is C17H19N3O2. The molecular weight excluding hydrogens is 278 g/mol. The number of nitrogens with one attached hydrogen (secondary N) is 2. The van der Waals surface area contributed by atoms with Crippen LogP contribution in [-0.4, -0.2) is 39.4 Å². The number of aromatic nitrogens is 2. The second-order valence-corrected chi connectivity index (χ2v) is 5.40. The molecule has 2 aromatic carbocycles. The average molecular weight is 297 g/mol. The van der Waals surface area contributed by atoms with Crippen LogP contribution in [0.4, 0.5) is 5.69 Å². The van der Waals surface area contributed by atoms with Crippen molar-refractivity contribution < 1.29 is 10.2 Å². The Labute approximate surface area is 128 Å². The maximum atomic E-state index is 9.33. The summed E-state index contributed by atoms with van der Waals surface area (Å²) >= 11 is 0. The Morgan fingerprint density at radius 1 is 1.18 bits per heavy atom. The third-order valence-corrected chi connectivity index (χ3v) is 3.55. The van der Waals surface area contributed by atoms with Gasteiger partial charge in [-0.15, -0.1) is 0 Å². The molecule has 0 saturated carbocycles.